The van der Waals surface area contributed by atoms with E-state index in [1.165, 1.54) is 25.5 Å². The third kappa shape index (κ3) is 4.99. The Kier molecular flexibility index (Phi) is 6.81. The van der Waals surface area contributed by atoms with Crippen LogP contribution >= 0.6 is 0 Å². The van der Waals surface area contributed by atoms with Crippen LogP contribution in [0.15, 0.2) is 30.0 Å². The highest BCUT2D eigenvalue weighted by Crippen LogP contribution is 2.33. The first-order chi connectivity index (χ1) is 12.9. The third-order valence-corrected chi connectivity index (χ3v) is 4.47. The largest absolute Gasteiger partial charge is 0.504 e. The summed E-state index contributed by atoms with van der Waals surface area (Å²) < 4.78 is 15.2. The molecule has 0 fully saturated rings. The minimum Gasteiger partial charge on any atom is -0.504 e. The SMILES string of the molecule is COC(=O)C1=CO[C@@H](C)C(C=O)[C@@H]1CC(=O)OCCc1ccc(O)c(O)c1. The van der Waals surface area contributed by atoms with Gasteiger partial charge in [-0.3, -0.25) is 4.79 Å². The van der Waals surface area contributed by atoms with E-state index in [1.807, 2.05) is 0 Å². The summed E-state index contributed by atoms with van der Waals surface area (Å²) >= 11 is 0. The van der Waals surface area contributed by atoms with Crippen molar-refractivity contribution in [2.45, 2.75) is 25.9 Å². The number of rotatable bonds is 7. The second kappa shape index (κ2) is 9.07. The predicted octanol–water partition coefficient (Wildman–Crippen LogP) is 1.48. The van der Waals surface area contributed by atoms with E-state index in [2.05, 4.69) is 0 Å². The van der Waals surface area contributed by atoms with Crippen LogP contribution in [-0.2, 0) is 35.0 Å². The average molecular weight is 378 g/mol. The maximum atomic E-state index is 12.2. The molecule has 2 rings (SSSR count). The van der Waals surface area contributed by atoms with Crippen LogP contribution in [0.1, 0.15) is 18.9 Å². The standard InChI is InChI=1S/C19H22O8/c1-11-14(9-20)13(15(10-27-11)19(24)25-2)8-18(23)26-6-5-12-3-4-16(21)17(22)7-12/h3-4,7,9-11,13-14,21-22H,5-6,8H2,1-2H3/t11-,13-,14?/m0/s1. The van der Waals surface area contributed by atoms with Gasteiger partial charge < -0.3 is 29.2 Å². The summed E-state index contributed by atoms with van der Waals surface area (Å²) in [4.78, 5) is 35.5. The number of carbonyl (C=O) groups excluding carboxylic acids is 3. The lowest BCUT2D eigenvalue weighted by Crippen LogP contribution is -2.37. The monoisotopic (exact) mass is 378 g/mol. The number of hydrogen-bond donors (Lipinski definition) is 2. The first-order valence-electron chi connectivity index (χ1n) is 8.43. The topological polar surface area (TPSA) is 119 Å². The summed E-state index contributed by atoms with van der Waals surface area (Å²) in [6.07, 6.45) is 1.58. The van der Waals surface area contributed by atoms with Crippen LogP contribution in [-0.4, -0.2) is 48.3 Å². The normalized spacial score (nSPS) is 21.6. The zero-order valence-electron chi connectivity index (χ0n) is 15.1. The van der Waals surface area contributed by atoms with Crippen molar-refractivity contribution < 1.29 is 38.8 Å². The number of benzene rings is 1. The lowest BCUT2D eigenvalue weighted by molar-refractivity contribution is -0.146. The summed E-state index contributed by atoms with van der Waals surface area (Å²) in [7, 11) is 1.21. The predicted molar refractivity (Wildman–Crippen MR) is 92.7 cm³/mol. The maximum absolute atomic E-state index is 12.2. The van der Waals surface area contributed by atoms with E-state index in [1.54, 1.807) is 13.0 Å². The molecular formula is C19H22O8. The van der Waals surface area contributed by atoms with Gasteiger partial charge >= 0.3 is 11.9 Å². The highest BCUT2D eigenvalue weighted by molar-refractivity contribution is 5.90. The van der Waals surface area contributed by atoms with Crippen molar-refractivity contribution in [1.29, 1.82) is 0 Å². The molecule has 27 heavy (non-hydrogen) atoms. The smallest absolute Gasteiger partial charge is 0.337 e. The Bertz CT molecular complexity index is 739. The van der Waals surface area contributed by atoms with Gasteiger partial charge in [0.2, 0.25) is 0 Å². The molecule has 0 amide bonds. The lowest BCUT2D eigenvalue weighted by Gasteiger charge is -2.32. The number of aromatic hydroxyl groups is 2. The average Bonchev–Trinajstić information content (AvgIpc) is 2.64. The molecule has 1 aromatic carbocycles. The number of ether oxygens (including phenoxy) is 3. The number of methoxy groups -OCH3 is 1. The van der Waals surface area contributed by atoms with Crippen molar-refractivity contribution in [3.8, 4) is 11.5 Å². The van der Waals surface area contributed by atoms with Gasteiger partial charge in [-0.2, -0.15) is 0 Å². The molecular weight excluding hydrogens is 356 g/mol. The van der Waals surface area contributed by atoms with E-state index in [9.17, 15) is 24.6 Å². The molecule has 1 unspecified atom stereocenters. The minimum absolute atomic E-state index is 0.0465. The zero-order chi connectivity index (χ0) is 20.0. The van der Waals surface area contributed by atoms with Gasteiger partial charge in [-0.15, -0.1) is 0 Å². The van der Waals surface area contributed by atoms with E-state index in [-0.39, 0.29) is 30.1 Å². The van der Waals surface area contributed by atoms with Gasteiger partial charge in [0, 0.05) is 12.3 Å². The fraction of sp³-hybridized carbons (Fsp3) is 0.421. The Morgan fingerprint density at radius 1 is 1.26 bits per heavy atom. The molecule has 3 atom stereocenters. The van der Waals surface area contributed by atoms with Crippen LogP contribution in [0.4, 0.5) is 0 Å². The van der Waals surface area contributed by atoms with Gasteiger partial charge in [0.15, 0.2) is 11.5 Å². The van der Waals surface area contributed by atoms with Crippen LogP contribution < -0.4 is 0 Å². The van der Waals surface area contributed by atoms with Crippen LogP contribution in [0.25, 0.3) is 0 Å². The summed E-state index contributed by atoms with van der Waals surface area (Å²) in [5, 5.41) is 18.7. The Hall–Kier alpha value is -3.03. The van der Waals surface area contributed by atoms with Crippen LogP contribution in [0.2, 0.25) is 0 Å². The van der Waals surface area contributed by atoms with Gasteiger partial charge in [0.05, 0.1) is 37.9 Å². The molecule has 0 saturated heterocycles. The molecule has 146 valence electrons. The van der Waals surface area contributed by atoms with Gasteiger partial charge in [0.1, 0.15) is 12.4 Å². The van der Waals surface area contributed by atoms with E-state index < -0.39 is 29.9 Å². The van der Waals surface area contributed by atoms with Crippen molar-refractivity contribution in [3.05, 3.63) is 35.6 Å². The first-order valence-corrected chi connectivity index (χ1v) is 8.43. The molecule has 0 spiro atoms. The summed E-state index contributed by atoms with van der Waals surface area (Å²) in [5.41, 5.74) is 0.798. The van der Waals surface area contributed by atoms with Gasteiger partial charge in [-0.1, -0.05) is 6.07 Å². The summed E-state index contributed by atoms with van der Waals surface area (Å²) in [5.74, 6) is -3.08. The highest BCUT2D eigenvalue weighted by atomic mass is 16.5. The molecule has 0 saturated carbocycles. The Labute approximate surface area is 156 Å². The number of phenols is 2. The van der Waals surface area contributed by atoms with Crippen molar-refractivity contribution in [1.82, 2.24) is 0 Å². The minimum atomic E-state index is -0.691. The first kappa shape index (κ1) is 20.3. The maximum Gasteiger partial charge on any atom is 0.337 e. The molecule has 1 heterocycles. The zero-order valence-corrected chi connectivity index (χ0v) is 15.1. The van der Waals surface area contributed by atoms with Gasteiger partial charge in [0.25, 0.3) is 0 Å². The van der Waals surface area contributed by atoms with E-state index in [0.29, 0.717) is 18.3 Å². The van der Waals surface area contributed by atoms with Crippen molar-refractivity contribution in [2.75, 3.05) is 13.7 Å². The molecule has 1 aromatic rings. The molecule has 0 aromatic heterocycles. The van der Waals surface area contributed by atoms with Crippen molar-refractivity contribution in [3.63, 3.8) is 0 Å². The van der Waals surface area contributed by atoms with Gasteiger partial charge in [-0.25, -0.2) is 4.79 Å². The fourth-order valence-electron chi connectivity index (χ4n) is 2.91. The second-order valence-corrected chi connectivity index (χ2v) is 6.22. The molecule has 0 bridgehead atoms. The van der Waals surface area contributed by atoms with Crippen molar-refractivity contribution >= 4 is 18.2 Å². The number of aldehydes is 1. The number of phenolic OH excluding ortho intramolecular Hbond substituents is 2. The fourth-order valence-corrected chi connectivity index (χ4v) is 2.91. The second-order valence-electron chi connectivity index (χ2n) is 6.22. The number of esters is 2. The molecule has 0 radical (unpaired) electrons. The van der Waals surface area contributed by atoms with Crippen molar-refractivity contribution in [2.24, 2.45) is 11.8 Å². The Balaban J connectivity index is 1.97. The van der Waals surface area contributed by atoms with Crippen LogP contribution in [0.3, 0.4) is 0 Å². The molecule has 1 aliphatic heterocycles. The molecule has 2 N–H and O–H groups in total. The van der Waals surface area contributed by atoms with Crippen LogP contribution in [0, 0.1) is 11.8 Å². The summed E-state index contributed by atoms with van der Waals surface area (Å²) in [6.45, 7) is 1.73. The van der Waals surface area contributed by atoms with E-state index in [0.717, 1.165) is 0 Å². The van der Waals surface area contributed by atoms with E-state index >= 15 is 0 Å². The van der Waals surface area contributed by atoms with Gasteiger partial charge in [-0.05, 0) is 24.6 Å². The number of hydrogen-bond acceptors (Lipinski definition) is 8. The quantitative estimate of drug-likeness (QED) is 0.416. The molecule has 8 heteroatoms. The molecule has 0 aliphatic carbocycles. The lowest BCUT2D eigenvalue weighted by atomic mass is 9.80. The Morgan fingerprint density at radius 2 is 2.00 bits per heavy atom. The molecule has 8 nitrogen and oxygen atoms in total. The number of carbonyl (C=O) groups is 3. The molecule has 1 aliphatic rings. The highest BCUT2D eigenvalue weighted by Gasteiger charge is 2.39. The van der Waals surface area contributed by atoms with E-state index in [4.69, 9.17) is 14.2 Å². The van der Waals surface area contributed by atoms with Crippen LogP contribution in [0.5, 0.6) is 11.5 Å². The summed E-state index contributed by atoms with van der Waals surface area (Å²) in [6, 6.07) is 4.32. The third-order valence-electron chi connectivity index (χ3n) is 4.47. The Morgan fingerprint density at radius 3 is 2.63 bits per heavy atom.